The van der Waals surface area contributed by atoms with Gasteiger partial charge in [0.1, 0.15) is 11.3 Å². The molecule has 1 heterocycles. The number of benzene rings is 1. The molecule has 0 saturated heterocycles. The number of hydrogen-bond donors (Lipinski definition) is 1. The van der Waals surface area contributed by atoms with Crippen molar-refractivity contribution >= 4 is 21.6 Å². The van der Waals surface area contributed by atoms with Crippen LogP contribution in [0.3, 0.4) is 0 Å². The summed E-state index contributed by atoms with van der Waals surface area (Å²) in [6, 6.07) is 5.99. The molecule has 0 aliphatic rings. The Morgan fingerprint density at radius 2 is 2.11 bits per heavy atom. The Morgan fingerprint density at radius 1 is 1.33 bits per heavy atom. The summed E-state index contributed by atoms with van der Waals surface area (Å²) < 4.78 is 6.82. The van der Waals surface area contributed by atoms with Gasteiger partial charge in [0.15, 0.2) is 0 Å². The average Bonchev–Trinajstić information content (AvgIpc) is 2.73. The highest BCUT2D eigenvalue weighted by Gasteiger charge is 2.20. The Hall–Kier alpha value is -1.13. The van der Waals surface area contributed by atoms with Gasteiger partial charge in [-0.3, -0.25) is 0 Å². The van der Waals surface area contributed by atoms with Crippen LogP contribution in [-0.2, 0) is 5.41 Å². The lowest BCUT2D eigenvalue weighted by Crippen LogP contribution is -2.10. The van der Waals surface area contributed by atoms with E-state index in [1.54, 1.807) is 11.3 Å². The van der Waals surface area contributed by atoms with Crippen molar-refractivity contribution in [1.82, 2.24) is 4.98 Å². The van der Waals surface area contributed by atoms with E-state index in [-0.39, 0.29) is 12.0 Å². The number of hydrogen-bond acceptors (Lipinski definition) is 4. The van der Waals surface area contributed by atoms with Crippen molar-refractivity contribution in [1.29, 1.82) is 0 Å². The van der Waals surface area contributed by atoms with E-state index in [1.165, 1.54) is 0 Å². The number of para-hydroxylation sites is 1. The molecule has 3 nitrogen and oxygen atoms in total. The van der Waals surface area contributed by atoms with Crippen LogP contribution in [0, 0.1) is 0 Å². The third kappa shape index (κ3) is 2.82. The molecule has 0 saturated carbocycles. The summed E-state index contributed by atoms with van der Waals surface area (Å²) in [6.07, 6.45) is 0.645. The molecule has 1 N–H and O–H groups in total. The zero-order valence-electron chi connectivity index (χ0n) is 11.1. The van der Waals surface area contributed by atoms with Gasteiger partial charge >= 0.3 is 0 Å². The number of nitrogens with zero attached hydrogens (tertiary/aromatic N) is 1. The molecular weight excluding hydrogens is 246 g/mol. The molecular formula is C14H19NO2S. The Kier molecular flexibility index (Phi) is 3.88. The highest BCUT2D eigenvalue weighted by molar-refractivity contribution is 7.18. The van der Waals surface area contributed by atoms with Crippen LogP contribution in [0.15, 0.2) is 18.2 Å². The highest BCUT2D eigenvalue weighted by Crippen LogP contribution is 2.35. The van der Waals surface area contributed by atoms with Crippen molar-refractivity contribution in [2.24, 2.45) is 0 Å². The fraction of sp³-hybridized carbons (Fsp3) is 0.500. The topological polar surface area (TPSA) is 42.4 Å². The number of aliphatic hydroxyl groups is 1. The molecule has 98 valence electrons. The highest BCUT2D eigenvalue weighted by atomic mass is 32.1. The van der Waals surface area contributed by atoms with E-state index in [0.29, 0.717) is 13.0 Å². The fourth-order valence-corrected chi connectivity index (χ4v) is 2.65. The third-order valence-corrected chi connectivity index (χ3v) is 4.03. The smallest absolute Gasteiger partial charge is 0.146 e. The molecule has 0 atom stereocenters. The van der Waals surface area contributed by atoms with Crippen molar-refractivity contribution < 1.29 is 9.84 Å². The molecule has 18 heavy (non-hydrogen) atoms. The van der Waals surface area contributed by atoms with Crippen molar-refractivity contribution in [3.05, 3.63) is 23.2 Å². The number of thiazole rings is 1. The van der Waals surface area contributed by atoms with Crippen LogP contribution in [0.4, 0.5) is 0 Å². The SMILES string of the molecule is CC(C)(C)c1nc2c(OCCCO)cccc2s1. The van der Waals surface area contributed by atoms with Gasteiger partial charge < -0.3 is 9.84 Å². The summed E-state index contributed by atoms with van der Waals surface area (Å²) in [6.45, 7) is 7.17. The van der Waals surface area contributed by atoms with Gasteiger partial charge in [0.05, 0.1) is 16.3 Å². The third-order valence-electron chi connectivity index (χ3n) is 2.58. The standard InChI is InChI=1S/C14H19NO2S/c1-14(2,3)13-15-12-10(17-9-5-8-16)6-4-7-11(12)18-13/h4,6-7,16H,5,8-9H2,1-3H3. The van der Waals surface area contributed by atoms with E-state index in [9.17, 15) is 0 Å². The summed E-state index contributed by atoms with van der Waals surface area (Å²) in [5, 5.41) is 9.90. The van der Waals surface area contributed by atoms with Crippen LogP contribution in [0.2, 0.25) is 0 Å². The van der Waals surface area contributed by atoms with E-state index in [2.05, 4.69) is 26.8 Å². The quantitative estimate of drug-likeness (QED) is 0.862. The number of ether oxygens (including phenoxy) is 1. The van der Waals surface area contributed by atoms with Gasteiger partial charge in [-0.05, 0) is 12.1 Å². The van der Waals surface area contributed by atoms with E-state index in [0.717, 1.165) is 21.0 Å². The predicted molar refractivity (Wildman–Crippen MR) is 75.5 cm³/mol. The van der Waals surface area contributed by atoms with Crippen molar-refractivity contribution in [2.45, 2.75) is 32.6 Å². The lowest BCUT2D eigenvalue weighted by molar-refractivity contribution is 0.234. The number of fused-ring (bicyclic) bond motifs is 1. The van der Waals surface area contributed by atoms with E-state index < -0.39 is 0 Å². The summed E-state index contributed by atoms with van der Waals surface area (Å²) in [4.78, 5) is 4.69. The molecule has 2 aromatic rings. The summed E-state index contributed by atoms with van der Waals surface area (Å²) in [7, 11) is 0. The minimum atomic E-state index is 0.0616. The zero-order chi connectivity index (χ0) is 13.2. The predicted octanol–water partition coefficient (Wildman–Crippen LogP) is 3.36. The zero-order valence-corrected chi connectivity index (χ0v) is 11.9. The second-order valence-corrected chi connectivity index (χ2v) is 6.33. The summed E-state index contributed by atoms with van der Waals surface area (Å²) >= 11 is 1.72. The normalized spacial score (nSPS) is 12.0. The molecule has 2 rings (SSSR count). The molecule has 0 spiro atoms. The lowest BCUT2D eigenvalue weighted by atomic mass is 9.98. The summed E-state index contributed by atoms with van der Waals surface area (Å²) in [5.41, 5.74) is 0.997. The van der Waals surface area contributed by atoms with Gasteiger partial charge in [0, 0.05) is 18.4 Å². The number of aliphatic hydroxyl groups excluding tert-OH is 1. The second kappa shape index (κ2) is 5.24. The molecule has 0 aliphatic carbocycles. The number of rotatable bonds is 4. The van der Waals surface area contributed by atoms with Crippen LogP contribution in [0.25, 0.3) is 10.2 Å². The first-order valence-electron chi connectivity index (χ1n) is 6.16. The second-order valence-electron chi connectivity index (χ2n) is 5.30. The molecule has 0 unspecified atom stereocenters. The van der Waals surface area contributed by atoms with E-state index >= 15 is 0 Å². The van der Waals surface area contributed by atoms with Gasteiger partial charge in [-0.25, -0.2) is 4.98 Å². The van der Waals surface area contributed by atoms with Gasteiger partial charge in [-0.15, -0.1) is 11.3 Å². The monoisotopic (exact) mass is 265 g/mol. The largest absolute Gasteiger partial charge is 0.491 e. The minimum absolute atomic E-state index is 0.0616. The Balaban J connectivity index is 2.33. The van der Waals surface area contributed by atoms with Crippen molar-refractivity contribution in [3.8, 4) is 5.75 Å². The van der Waals surface area contributed by atoms with Crippen LogP contribution in [0.1, 0.15) is 32.2 Å². The maximum atomic E-state index is 8.77. The first-order chi connectivity index (χ1) is 8.52. The van der Waals surface area contributed by atoms with E-state index in [4.69, 9.17) is 14.8 Å². The minimum Gasteiger partial charge on any atom is -0.491 e. The first kappa shape index (κ1) is 13.3. The van der Waals surface area contributed by atoms with E-state index in [1.807, 2.05) is 12.1 Å². The van der Waals surface area contributed by atoms with Gasteiger partial charge in [-0.2, -0.15) is 0 Å². The van der Waals surface area contributed by atoms with Crippen molar-refractivity contribution in [2.75, 3.05) is 13.2 Å². The van der Waals surface area contributed by atoms with Gasteiger partial charge in [0.2, 0.25) is 0 Å². The molecule has 1 aromatic carbocycles. The first-order valence-corrected chi connectivity index (χ1v) is 6.98. The molecule has 0 aliphatic heterocycles. The van der Waals surface area contributed by atoms with Crippen LogP contribution < -0.4 is 4.74 Å². The number of aromatic nitrogens is 1. The van der Waals surface area contributed by atoms with Crippen LogP contribution >= 0.6 is 11.3 Å². The molecule has 1 aromatic heterocycles. The summed E-state index contributed by atoms with van der Waals surface area (Å²) in [5.74, 6) is 0.813. The lowest BCUT2D eigenvalue weighted by Gasteiger charge is -2.13. The average molecular weight is 265 g/mol. The van der Waals surface area contributed by atoms with Crippen molar-refractivity contribution in [3.63, 3.8) is 0 Å². The molecule has 0 bridgehead atoms. The fourth-order valence-electron chi connectivity index (χ4n) is 1.61. The molecule has 0 fully saturated rings. The Morgan fingerprint density at radius 3 is 2.78 bits per heavy atom. The molecule has 0 radical (unpaired) electrons. The maximum absolute atomic E-state index is 8.77. The molecule has 4 heteroatoms. The van der Waals surface area contributed by atoms with Crippen LogP contribution in [-0.4, -0.2) is 23.3 Å². The maximum Gasteiger partial charge on any atom is 0.146 e. The molecule has 0 amide bonds. The van der Waals surface area contributed by atoms with Gasteiger partial charge in [-0.1, -0.05) is 26.8 Å². The van der Waals surface area contributed by atoms with Gasteiger partial charge in [0.25, 0.3) is 0 Å². The Labute approximate surface area is 111 Å². The Bertz CT molecular complexity index is 528. The van der Waals surface area contributed by atoms with Crippen LogP contribution in [0.5, 0.6) is 5.75 Å².